The topological polar surface area (TPSA) is 66.4 Å². The predicted octanol–water partition coefficient (Wildman–Crippen LogP) is 2.57. The van der Waals surface area contributed by atoms with Gasteiger partial charge in [0.25, 0.3) is 0 Å². The number of hydrogen-bond acceptors (Lipinski definition) is 2. The van der Waals surface area contributed by atoms with Gasteiger partial charge in [-0.2, -0.15) is 0 Å². The Kier molecular flexibility index (Phi) is 9.49. The van der Waals surface area contributed by atoms with Gasteiger partial charge in [-0.25, -0.2) is 0 Å². The van der Waals surface area contributed by atoms with Crippen molar-refractivity contribution < 1.29 is 14.7 Å². The van der Waals surface area contributed by atoms with Gasteiger partial charge in [0.2, 0.25) is 5.91 Å². The zero-order valence-electron chi connectivity index (χ0n) is 11.0. The Bertz CT molecular complexity index is 229. The Morgan fingerprint density at radius 1 is 1.18 bits per heavy atom. The van der Waals surface area contributed by atoms with E-state index in [1.807, 2.05) is 0 Å². The number of carbonyl (C=O) groups is 2. The molecule has 0 aromatic carbocycles. The van der Waals surface area contributed by atoms with E-state index in [-0.39, 0.29) is 11.8 Å². The molecule has 1 unspecified atom stereocenters. The van der Waals surface area contributed by atoms with Crippen LogP contribution in [-0.2, 0) is 9.59 Å². The van der Waals surface area contributed by atoms with E-state index in [4.69, 9.17) is 5.11 Å². The summed E-state index contributed by atoms with van der Waals surface area (Å²) in [5, 5.41) is 11.5. The second-order valence-corrected chi connectivity index (χ2v) is 4.54. The molecule has 0 radical (unpaired) electrons. The van der Waals surface area contributed by atoms with Crippen LogP contribution in [0.15, 0.2) is 0 Å². The van der Waals surface area contributed by atoms with E-state index in [1.165, 1.54) is 0 Å². The third kappa shape index (κ3) is 9.85. The van der Waals surface area contributed by atoms with Crippen molar-refractivity contribution in [3.63, 3.8) is 0 Å². The first-order chi connectivity index (χ1) is 8.07. The maximum atomic E-state index is 11.3. The number of carbonyl (C=O) groups excluding carboxylic acids is 1. The predicted molar refractivity (Wildman–Crippen MR) is 67.8 cm³/mol. The number of nitrogens with one attached hydrogen (secondary N) is 1. The Labute approximate surface area is 104 Å². The molecule has 0 saturated heterocycles. The summed E-state index contributed by atoms with van der Waals surface area (Å²) < 4.78 is 0. The molecule has 100 valence electrons. The lowest BCUT2D eigenvalue weighted by molar-refractivity contribution is -0.141. The first kappa shape index (κ1) is 15.9. The fraction of sp³-hybridized carbons (Fsp3) is 0.846. The van der Waals surface area contributed by atoms with Gasteiger partial charge in [0.15, 0.2) is 0 Å². The van der Waals surface area contributed by atoms with E-state index in [1.54, 1.807) is 6.92 Å². The van der Waals surface area contributed by atoms with Crippen LogP contribution in [0.2, 0.25) is 0 Å². The molecule has 0 rings (SSSR count). The van der Waals surface area contributed by atoms with Gasteiger partial charge in [-0.05, 0) is 19.3 Å². The van der Waals surface area contributed by atoms with Crippen LogP contribution in [0.25, 0.3) is 0 Å². The molecule has 4 nitrogen and oxygen atoms in total. The SMILES string of the molecule is CCCCCC(=O)NCCCCC(C)C(=O)O. The quantitative estimate of drug-likeness (QED) is 0.579. The molecule has 0 aromatic heterocycles. The van der Waals surface area contributed by atoms with Gasteiger partial charge in [0.05, 0.1) is 5.92 Å². The summed E-state index contributed by atoms with van der Waals surface area (Å²) in [5.41, 5.74) is 0. The number of aliphatic carboxylic acids is 1. The molecular formula is C13H25NO3. The van der Waals surface area contributed by atoms with Crippen LogP contribution >= 0.6 is 0 Å². The largest absolute Gasteiger partial charge is 0.481 e. The molecule has 0 spiro atoms. The monoisotopic (exact) mass is 243 g/mol. The highest BCUT2D eigenvalue weighted by Crippen LogP contribution is 2.07. The van der Waals surface area contributed by atoms with Gasteiger partial charge in [-0.3, -0.25) is 9.59 Å². The average Bonchev–Trinajstić information content (AvgIpc) is 2.28. The van der Waals surface area contributed by atoms with Crippen LogP contribution in [-0.4, -0.2) is 23.5 Å². The van der Waals surface area contributed by atoms with E-state index < -0.39 is 5.97 Å². The summed E-state index contributed by atoms with van der Waals surface area (Å²) in [4.78, 5) is 21.9. The van der Waals surface area contributed by atoms with E-state index in [0.29, 0.717) is 19.4 Å². The second-order valence-electron chi connectivity index (χ2n) is 4.54. The van der Waals surface area contributed by atoms with Crippen molar-refractivity contribution in [3.8, 4) is 0 Å². The van der Waals surface area contributed by atoms with Crippen molar-refractivity contribution in [1.29, 1.82) is 0 Å². The van der Waals surface area contributed by atoms with Gasteiger partial charge in [-0.1, -0.05) is 33.1 Å². The van der Waals surface area contributed by atoms with E-state index >= 15 is 0 Å². The van der Waals surface area contributed by atoms with Gasteiger partial charge in [0, 0.05) is 13.0 Å². The lowest BCUT2D eigenvalue weighted by Gasteiger charge is -2.07. The minimum atomic E-state index is -0.742. The molecule has 0 aliphatic carbocycles. The van der Waals surface area contributed by atoms with Crippen molar-refractivity contribution in [1.82, 2.24) is 5.32 Å². The fourth-order valence-corrected chi connectivity index (χ4v) is 1.55. The Hall–Kier alpha value is -1.06. The highest BCUT2D eigenvalue weighted by molar-refractivity contribution is 5.75. The standard InChI is InChI=1S/C13H25NO3/c1-3-4-5-9-12(15)14-10-7-6-8-11(2)13(16)17/h11H,3-10H2,1-2H3,(H,14,15)(H,16,17). The molecule has 0 heterocycles. The zero-order valence-corrected chi connectivity index (χ0v) is 11.0. The summed E-state index contributed by atoms with van der Waals surface area (Å²) >= 11 is 0. The van der Waals surface area contributed by atoms with Crippen molar-refractivity contribution >= 4 is 11.9 Å². The van der Waals surface area contributed by atoms with Crippen LogP contribution in [0.5, 0.6) is 0 Å². The first-order valence-corrected chi connectivity index (χ1v) is 6.57. The lowest BCUT2D eigenvalue weighted by Crippen LogP contribution is -2.24. The molecule has 0 aromatic rings. The fourth-order valence-electron chi connectivity index (χ4n) is 1.55. The summed E-state index contributed by atoms with van der Waals surface area (Å²) in [7, 11) is 0. The molecule has 0 aliphatic heterocycles. The normalized spacial score (nSPS) is 12.1. The zero-order chi connectivity index (χ0) is 13.1. The molecule has 17 heavy (non-hydrogen) atoms. The highest BCUT2D eigenvalue weighted by Gasteiger charge is 2.09. The minimum Gasteiger partial charge on any atom is -0.481 e. The maximum Gasteiger partial charge on any atom is 0.306 e. The van der Waals surface area contributed by atoms with Crippen molar-refractivity contribution in [2.24, 2.45) is 5.92 Å². The molecule has 1 atom stereocenters. The van der Waals surface area contributed by atoms with Crippen molar-refractivity contribution in [2.45, 2.75) is 58.8 Å². The third-order valence-corrected chi connectivity index (χ3v) is 2.82. The first-order valence-electron chi connectivity index (χ1n) is 6.57. The average molecular weight is 243 g/mol. The molecule has 2 N–H and O–H groups in total. The van der Waals surface area contributed by atoms with E-state index in [2.05, 4.69) is 12.2 Å². The van der Waals surface area contributed by atoms with Crippen LogP contribution in [0.4, 0.5) is 0 Å². The molecule has 0 bridgehead atoms. The molecule has 1 amide bonds. The smallest absolute Gasteiger partial charge is 0.306 e. The molecule has 0 fully saturated rings. The number of hydrogen-bond donors (Lipinski definition) is 2. The van der Waals surface area contributed by atoms with Crippen molar-refractivity contribution in [2.75, 3.05) is 6.54 Å². The van der Waals surface area contributed by atoms with Gasteiger partial charge in [0.1, 0.15) is 0 Å². The molecule has 0 saturated carbocycles. The summed E-state index contributed by atoms with van der Waals surface area (Å²) in [6.07, 6.45) is 6.18. The molecular weight excluding hydrogens is 218 g/mol. The van der Waals surface area contributed by atoms with E-state index in [9.17, 15) is 9.59 Å². The molecule has 0 aliphatic rings. The number of amides is 1. The van der Waals surface area contributed by atoms with Crippen LogP contribution < -0.4 is 5.32 Å². The number of rotatable bonds is 10. The Balaban J connectivity index is 3.33. The van der Waals surface area contributed by atoms with Crippen molar-refractivity contribution in [3.05, 3.63) is 0 Å². The lowest BCUT2D eigenvalue weighted by atomic mass is 10.0. The molecule has 4 heteroatoms. The Morgan fingerprint density at radius 2 is 1.88 bits per heavy atom. The summed E-state index contributed by atoms with van der Waals surface area (Å²) in [6.45, 7) is 4.49. The third-order valence-electron chi connectivity index (χ3n) is 2.82. The van der Waals surface area contributed by atoms with Crippen LogP contribution in [0, 0.1) is 5.92 Å². The second kappa shape index (κ2) is 10.1. The van der Waals surface area contributed by atoms with Gasteiger partial charge < -0.3 is 10.4 Å². The minimum absolute atomic E-state index is 0.115. The Morgan fingerprint density at radius 3 is 2.47 bits per heavy atom. The number of unbranched alkanes of at least 4 members (excludes halogenated alkanes) is 3. The van der Waals surface area contributed by atoms with Gasteiger partial charge >= 0.3 is 5.97 Å². The number of carboxylic acid groups (broad SMARTS) is 1. The van der Waals surface area contributed by atoms with Gasteiger partial charge in [-0.15, -0.1) is 0 Å². The summed E-state index contributed by atoms with van der Waals surface area (Å²) in [5.74, 6) is -0.909. The highest BCUT2D eigenvalue weighted by atomic mass is 16.4. The summed E-state index contributed by atoms with van der Waals surface area (Å²) in [6, 6.07) is 0. The van der Waals surface area contributed by atoms with Crippen LogP contribution in [0.3, 0.4) is 0 Å². The number of carboxylic acids is 1. The van der Waals surface area contributed by atoms with Crippen LogP contribution in [0.1, 0.15) is 58.8 Å². The van der Waals surface area contributed by atoms with E-state index in [0.717, 1.165) is 32.1 Å². The maximum absolute atomic E-state index is 11.3.